The second-order valence-electron chi connectivity index (χ2n) is 4.60. The number of hydrogen-bond donors (Lipinski definition) is 2. The van der Waals surface area contributed by atoms with E-state index in [4.69, 9.17) is 4.74 Å². The van der Waals surface area contributed by atoms with Crippen LogP contribution in [0.3, 0.4) is 0 Å². The second-order valence-corrected chi connectivity index (χ2v) is 4.60. The van der Waals surface area contributed by atoms with Crippen LogP contribution in [0, 0.1) is 0 Å². The lowest BCUT2D eigenvalue weighted by Gasteiger charge is -2.04. The number of benzene rings is 1. The van der Waals surface area contributed by atoms with E-state index >= 15 is 0 Å². The molecular formula is C14H17N3O. The van der Waals surface area contributed by atoms with Crippen LogP contribution in [-0.4, -0.2) is 30.2 Å². The van der Waals surface area contributed by atoms with Crippen molar-refractivity contribution in [1.29, 1.82) is 0 Å². The van der Waals surface area contributed by atoms with Crippen LogP contribution in [0.15, 0.2) is 30.5 Å². The first-order valence-corrected chi connectivity index (χ1v) is 6.27. The summed E-state index contributed by atoms with van der Waals surface area (Å²) < 4.78 is 5.16. The third kappa shape index (κ3) is 2.11. The van der Waals surface area contributed by atoms with Crippen molar-refractivity contribution in [2.24, 2.45) is 0 Å². The van der Waals surface area contributed by atoms with Gasteiger partial charge in [0.05, 0.1) is 19.0 Å². The molecule has 2 aromatic rings. The molecule has 3 rings (SSSR count). The van der Waals surface area contributed by atoms with Gasteiger partial charge >= 0.3 is 0 Å². The topological polar surface area (TPSA) is 49.9 Å². The number of nitrogens with one attached hydrogen (secondary N) is 2. The number of hydrogen-bond acceptors (Lipinski definition) is 3. The molecule has 94 valence electrons. The summed E-state index contributed by atoms with van der Waals surface area (Å²) in [6.07, 6.45) is 3.07. The Morgan fingerprint density at radius 3 is 2.78 bits per heavy atom. The van der Waals surface area contributed by atoms with E-state index in [1.54, 1.807) is 7.11 Å². The zero-order valence-electron chi connectivity index (χ0n) is 10.4. The first kappa shape index (κ1) is 11.3. The molecule has 2 heterocycles. The fourth-order valence-corrected chi connectivity index (χ4v) is 2.35. The van der Waals surface area contributed by atoms with E-state index < -0.39 is 0 Å². The molecule has 0 aliphatic carbocycles. The van der Waals surface area contributed by atoms with E-state index in [2.05, 4.69) is 15.3 Å². The van der Waals surface area contributed by atoms with Crippen LogP contribution in [-0.2, 0) is 0 Å². The molecule has 0 amide bonds. The summed E-state index contributed by atoms with van der Waals surface area (Å²) in [5.41, 5.74) is 2.21. The van der Waals surface area contributed by atoms with E-state index in [1.807, 2.05) is 30.5 Å². The molecule has 1 unspecified atom stereocenters. The molecule has 1 atom stereocenters. The molecule has 1 saturated heterocycles. The summed E-state index contributed by atoms with van der Waals surface area (Å²) in [5.74, 6) is 2.49. The van der Waals surface area contributed by atoms with Gasteiger partial charge in [0.2, 0.25) is 0 Å². The van der Waals surface area contributed by atoms with Gasteiger partial charge in [0, 0.05) is 12.5 Å². The lowest BCUT2D eigenvalue weighted by Crippen LogP contribution is -2.08. The van der Waals surface area contributed by atoms with Crippen molar-refractivity contribution in [2.75, 3.05) is 20.2 Å². The maximum atomic E-state index is 5.16. The zero-order valence-corrected chi connectivity index (χ0v) is 10.4. The fraction of sp³-hybridized carbons (Fsp3) is 0.357. The molecule has 1 aliphatic heterocycles. The lowest BCUT2D eigenvalue weighted by molar-refractivity contribution is 0.415. The third-order valence-corrected chi connectivity index (χ3v) is 3.44. The number of H-pyrrole nitrogens is 1. The molecule has 2 N–H and O–H groups in total. The molecule has 18 heavy (non-hydrogen) atoms. The monoisotopic (exact) mass is 243 g/mol. The van der Waals surface area contributed by atoms with E-state index in [9.17, 15) is 0 Å². The summed E-state index contributed by atoms with van der Waals surface area (Å²) in [5, 5.41) is 3.36. The van der Waals surface area contributed by atoms with Crippen molar-refractivity contribution in [2.45, 2.75) is 12.3 Å². The first-order chi connectivity index (χ1) is 8.86. The van der Waals surface area contributed by atoms with E-state index in [0.29, 0.717) is 5.92 Å². The minimum Gasteiger partial charge on any atom is -0.497 e. The van der Waals surface area contributed by atoms with Crippen LogP contribution in [0.25, 0.3) is 11.3 Å². The quantitative estimate of drug-likeness (QED) is 0.868. The van der Waals surface area contributed by atoms with Gasteiger partial charge in [-0.25, -0.2) is 4.98 Å². The average molecular weight is 243 g/mol. The Bertz CT molecular complexity index is 512. The third-order valence-electron chi connectivity index (χ3n) is 3.44. The Balaban J connectivity index is 1.82. The van der Waals surface area contributed by atoms with Gasteiger partial charge in [0.1, 0.15) is 11.6 Å². The molecule has 4 heteroatoms. The standard InChI is InChI=1S/C14H17N3O/c1-18-12-4-2-10(3-5-12)13-9-16-14(17-13)11-6-7-15-8-11/h2-5,9,11,15H,6-8H2,1H3,(H,16,17). The first-order valence-electron chi connectivity index (χ1n) is 6.27. The van der Waals surface area contributed by atoms with Crippen molar-refractivity contribution in [3.05, 3.63) is 36.3 Å². The van der Waals surface area contributed by atoms with Crippen molar-refractivity contribution in [1.82, 2.24) is 15.3 Å². The van der Waals surface area contributed by atoms with E-state index in [0.717, 1.165) is 42.3 Å². The predicted octanol–water partition coefficient (Wildman–Crippen LogP) is 2.16. The van der Waals surface area contributed by atoms with Crippen LogP contribution < -0.4 is 10.1 Å². The highest BCUT2D eigenvalue weighted by Gasteiger charge is 2.19. The van der Waals surface area contributed by atoms with Crippen LogP contribution >= 0.6 is 0 Å². The van der Waals surface area contributed by atoms with Gasteiger partial charge in [-0.15, -0.1) is 0 Å². The molecule has 0 saturated carbocycles. The van der Waals surface area contributed by atoms with Gasteiger partial charge in [0.25, 0.3) is 0 Å². The zero-order chi connectivity index (χ0) is 12.4. The Morgan fingerprint density at radius 1 is 1.28 bits per heavy atom. The summed E-state index contributed by atoms with van der Waals surface area (Å²) in [6.45, 7) is 2.11. The van der Waals surface area contributed by atoms with Gasteiger partial charge in [0.15, 0.2) is 0 Å². The highest BCUT2D eigenvalue weighted by Crippen LogP contribution is 2.24. The van der Waals surface area contributed by atoms with Crippen LogP contribution in [0.4, 0.5) is 0 Å². The highest BCUT2D eigenvalue weighted by atomic mass is 16.5. The summed E-state index contributed by atoms with van der Waals surface area (Å²) >= 11 is 0. The molecule has 4 nitrogen and oxygen atoms in total. The van der Waals surface area contributed by atoms with Crippen LogP contribution in [0.1, 0.15) is 18.2 Å². The molecule has 0 radical (unpaired) electrons. The number of methoxy groups -OCH3 is 1. The molecule has 1 aromatic heterocycles. The lowest BCUT2D eigenvalue weighted by atomic mass is 10.1. The van der Waals surface area contributed by atoms with Crippen molar-refractivity contribution >= 4 is 0 Å². The normalized spacial score (nSPS) is 19.1. The number of nitrogens with zero attached hydrogens (tertiary/aromatic N) is 1. The Hall–Kier alpha value is -1.81. The number of aromatic nitrogens is 2. The van der Waals surface area contributed by atoms with E-state index in [1.165, 1.54) is 0 Å². The smallest absolute Gasteiger partial charge is 0.118 e. The van der Waals surface area contributed by atoms with Crippen LogP contribution in [0.5, 0.6) is 5.75 Å². The molecule has 1 aromatic carbocycles. The van der Waals surface area contributed by atoms with Crippen molar-refractivity contribution < 1.29 is 4.74 Å². The Morgan fingerprint density at radius 2 is 2.11 bits per heavy atom. The SMILES string of the molecule is COc1ccc(-c2cnc(C3CCNC3)[nH]2)cc1. The number of rotatable bonds is 3. The molecule has 1 fully saturated rings. The summed E-state index contributed by atoms with van der Waals surface area (Å²) in [4.78, 5) is 7.91. The van der Waals surface area contributed by atoms with Gasteiger partial charge in [-0.3, -0.25) is 0 Å². The summed E-state index contributed by atoms with van der Waals surface area (Å²) in [6, 6.07) is 8.02. The predicted molar refractivity (Wildman–Crippen MR) is 70.8 cm³/mol. The largest absolute Gasteiger partial charge is 0.497 e. The Kier molecular flexibility index (Phi) is 3.02. The maximum Gasteiger partial charge on any atom is 0.118 e. The van der Waals surface area contributed by atoms with Gasteiger partial charge in [-0.05, 0) is 42.8 Å². The van der Waals surface area contributed by atoms with Gasteiger partial charge < -0.3 is 15.0 Å². The molecule has 0 spiro atoms. The second kappa shape index (κ2) is 4.82. The number of imidazole rings is 1. The molecule has 0 bridgehead atoms. The van der Waals surface area contributed by atoms with Crippen molar-refractivity contribution in [3.63, 3.8) is 0 Å². The average Bonchev–Trinajstić information content (AvgIpc) is 3.09. The maximum absolute atomic E-state index is 5.16. The molecular weight excluding hydrogens is 226 g/mol. The minimum atomic E-state index is 0.525. The van der Waals surface area contributed by atoms with Gasteiger partial charge in [-0.2, -0.15) is 0 Å². The highest BCUT2D eigenvalue weighted by molar-refractivity contribution is 5.59. The van der Waals surface area contributed by atoms with E-state index in [-0.39, 0.29) is 0 Å². The fourth-order valence-electron chi connectivity index (χ4n) is 2.35. The Labute approximate surface area is 106 Å². The van der Waals surface area contributed by atoms with Crippen LogP contribution in [0.2, 0.25) is 0 Å². The summed E-state index contributed by atoms with van der Waals surface area (Å²) in [7, 11) is 1.68. The minimum absolute atomic E-state index is 0.525. The van der Waals surface area contributed by atoms with Crippen molar-refractivity contribution in [3.8, 4) is 17.0 Å². The number of aromatic amines is 1. The molecule has 1 aliphatic rings. The van der Waals surface area contributed by atoms with Gasteiger partial charge in [-0.1, -0.05) is 0 Å². The number of ether oxygens (including phenoxy) is 1.